The van der Waals surface area contributed by atoms with Crippen LogP contribution in [0.1, 0.15) is 16.2 Å². The summed E-state index contributed by atoms with van der Waals surface area (Å²) in [6.45, 7) is 1.26. The second-order valence-corrected chi connectivity index (χ2v) is 5.29. The molecule has 132 valence electrons. The molecule has 0 radical (unpaired) electrons. The van der Waals surface area contributed by atoms with E-state index < -0.39 is 23.7 Å². The highest BCUT2D eigenvalue weighted by Gasteiger charge is 2.34. The molecule has 1 aromatic heterocycles. The number of nitrogens with zero attached hydrogens (tertiary/aromatic N) is 2. The number of ether oxygens (including phenoxy) is 1. The summed E-state index contributed by atoms with van der Waals surface area (Å²) in [6.07, 6.45) is -3.28. The van der Waals surface area contributed by atoms with Crippen LogP contribution in [0.5, 0.6) is 5.75 Å². The minimum Gasteiger partial charge on any atom is -0.485 e. The minimum atomic E-state index is -4.69. The zero-order valence-electron chi connectivity index (χ0n) is 12.6. The van der Waals surface area contributed by atoms with Gasteiger partial charge >= 0.3 is 6.18 Å². The number of nitrogens with one attached hydrogen (secondary N) is 2. The molecule has 2 aromatic rings. The van der Waals surface area contributed by atoms with E-state index in [2.05, 4.69) is 20.6 Å². The Kier molecular flexibility index (Phi) is 4.53. The highest BCUT2D eigenvalue weighted by Crippen LogP contribution is 2.26. The second-order valence-electron chi connectivity index (χ2n) is 5.29. The van der Waals surface area contributed by atoms with Gasteiger partial charge in [-0.15, -0.1) is 0 Å². The molecule has 0 unspecified atom stereocenters. The molecule has 0 spiro atoms. The van der Waals surface area contributed by atoms with Crippen molar-refractivity contribution in [1.82, 2.24) is 15.3 Å². The van der Waals surface area contributed by atoms with E-state index in [0.717, 1.165) is 18.5 Å². The van der Waals surface area contributed by atoms with Gasteiger partial charge in [0.25, 0.3) is 5.91 Å². The van der Waals surface area contributed by atoms with Gasteiger partial charge in [-0.2, -0.15) is 13.2 Å². The molecule has 1 aromatic carbocycles. The zero-order chi connectivity index (χ0) is 18.0. The van der Waals surface area contributed by atoms with Crippen molar-refractivity contribution in [1.29, 1.82) is 0 Å². The third-order valence-corrected chi connectivity index (χ3v) is 3.39. The Morgan fingerprint density at radius 3 is 2.44 bits per heavy atom. The third kappa shape index (κ3) is 4.02. The molecule has 0 bridgehead atoms. The van der Waals surface area contributed by atoms with Crippen molar-refractivity contribution >= 4 is 11.6 Å². The van der Waals surface area contributed by atoms with Gasteiger partial charge in [-0.3, -0.25) is 4.79 Å². The van der Waals surface area contributed by atoms with Crippen LogP contribution >= 0.6 is 0 Å². The van der Waals surface area contributed by atoms with E-state index >= 15 is 0 Å². The molecule has 25 heavy (non-hydrogen) atoms. The Balaban J connectivity index is 1.67. The molecule has 0 atom stereocenters. The van der Waals surface area contributed by atoms with E-state index in [1.165, 1.54) is 12.1 Å². The van der Waals surface area contributed by atoms with Gasteiger partial charge in [0.05, 0.1) is 5.56 Å². The lowest BCUT2D eigenvalue weighted by Gasteiger charge is -2.28. The molecular weight excluding hydrogens is 344 g/mol. The molecule has 2 N–H and O–H groups in total. The topological polar surface area (TPSA) is 76.1 Å². The van der Waals surface area contributed by atoms with Crippen LogP contribution in [-0.4, -0.2) is 35.1 Å². The molecule has 1 saturated heterocycles. The van der Waals surface area contributed by atoms with E-state index in [9.17, 15) is 22.4 Å². The van der Waals surface area contributed by atoms with Gasteiger partial charge in [0.2, 0.25) is 5.82 Å². The van der Waals surface area contributed by atoms with Crippen molar-refractivity contribution in [3.8, 4) is 5.75 Å². The first-order chi connectivity index (χ1) is 11.8. The summed E-state index contributed by atoms with van der Waals surface area (Å²) in [7, 11) is 0. The van der Waals surface area contributed by atoms with Crippen molar-refractivity contribution in [3.63, 3.8) is 0 Å². The first-order valence-corrected chi connectivity index (χ1v) is 7.20. The van der Waals surface area contributed by atoms with Crippen LogP contribution in [0.3, 0.4) is 0 Å². The standard InChI is InChI=1S/C15H12F4N4O2/c16-11-3-9(1-2-12(11)25-10-6-20-7-10)23-13(24)8-4-21-14(22-5-8)15(17,18)19/h1-5,10,20H,6-7H2,(H,23,24). The van der Waals surface area contributed by atoms with E-state index in [-0.39, 0.29) is 23.1 Å². The van der Waals surface area contributed by atoms with Crippen LogP contribution in [-0.2, 0) is 6.18 Å². The van der Waals surface area contributed by atoms with Crippen molar-refractivity contribution in [3.05, 3.63) is 47.8 Å². The fraction of sp³-hybridized carbons (Fsp3) is 0.267. The quantitative estimate of drug-likeness (QED) is 0.822. The Morgan fingerprint density at radius 2 is 1.92 bits per heavy atom. The maximum atomic E-state index is 14.0. The largest absolute Gasteiger partial charge is 0.485 e. The van der Waals surface area contributed by atoms with Gasteiger partial charge in [0, 0.05) is 37.2 Å². The van der Waals surface area contributed by atoms with E-state index in [0.29, 0.717) is 13.1 Å². The number of rotatable bonds is 4. The van der Waals surface area contributed by atoms with Gasteiger partial charge in [-0.1, -0.05) is 0 Å². The molecule has 0 saturated carbocycles. The highest BCUT2D eigenvalue weighted by molar-refractivity contribution is 6.03. The molecule has 0 aliphatic carbocycles. The maximum Gasteiger partial charge on any atom is 0.451 e. The molecule has 1 fully saturated rings. The number of benzene rings is 1. The van der Waals surface area contributed by atoms with Crippen LogP contribution in [0.15, 0.2) is 30.6 Å². The summed E-state index contributed by atoms with van der Waals surface area (Å²) in [5, 5.41) is 5.34. The fourth-order valence-electron chi connectivity index (χ4n) is 1.99. The number of amides is 1. The lowest BCUT2D eigenvalue weighted by molar-refractivity contribution is -0.145. The average molecular weight is 356 g/mol. The van der Waals surface area contributed by atoms with E-state index in [1.807, 2.05) is 0 Å². The SMILES string of the molecule is O=C(Nc1ccc(OC2CNC2)c(F)c1)c1cnc(C(F)(F)F)nc1. The number of hydrogen-bond acceptors (Lipinski definition) is 5. The number of halogens is 4. The number of hydrogen-bond donors (Lipinski definition) is 2. The minimum absolute atomic E-state index is 0.0577. The van der Waals surface area contributed by atoms with Gasteiger partial charge in [0.1, 0.15) is 6.10 Å². The summed E-state index contributed by atoms with van der Waals surface area (Å²) in [5.41, 5.74) is -0.0595. The molecule has 6 nitrogen and oxygen atoms in total. The predicted octanol–water partition coefficient (Wildman–Crippen LogP) is 2.24. The Morgan fingerprint density at radius 1 is 1.24 bits per heavy atom. The van der Waals surface area contributed by atoms with Crippen LogP contribution < -0.4 is 15.4 Å². The van der Waals surface area contributed by atoms with E-state index in [1.54, 1.807) is 0 Å². The van der Waals surface area contributed by atoms with Gasteiger partial charge < -0.3 is 15.4 Å². The lowest BCUT2D eigenvalue weighted by atomic mass is 10.2. The van der Waals surface area contributed by atoms with Crippen LogP contribution in [0.2, 0.25) is 0 Å². The average Bonchev–Trinajstić information content (AvgIpc) is 2.51. The summed E-state index contributed by atoms with van der Waals surface area (Å²) >= 11 is 0. The Bertz CT molecular complexity index is 776. The van der Waals surface area contributed by atoms with Crippen molar-refractivity contribution in [2.75, 3.05) is 18.4 Å². The van der Waals surface area contributed by atoms with Crippen LogP contribution in [0, 0.1) is 5.82 Å². The van der Waals surface area contributed by atoms with Crippen molar-refractivity contribution < 1.29 is 27.1 Å². The molecular formula is C15H12F4N4O2. The normalized spacial score (nSPS) is 14.7. The van der Waals surface area contributed by atoms with Crippen molar-refractivity contribution in [2.45, 2.75) is 12.3 Å². The zero-order valence-corrected chi connectivity index (χ0v) is 12.6. The number of carbonyl (C=O) groups excluding carboxylic acids is 1. The lowest BCUT2D eigenvalue weighted by Crippen LogP contribution is -2.50. The van der Waals surface area contributed by atoms with Gasteiger partial charge in [-0.05, 0) is 12.1 Å². The summed E-state index contributed by atoms with van der Waals surface area (Å²) in [6, 6.07) is 3.85. The summed E-state index contributed by atoms with van der Waals surface area (Å²) < 4.78 is 56.5. The molecule has 1 aliphatic heterocycles. The predicted molar refractivity (Wildman–Crippen MR) is 78.7 cm³/mol. The maximum absolute atomic E-state index is 14.0. The first kappa shape index (κ1) is 17.1. The number of carbonyl (C=O) groups is 1. The molecule has 3 rings (SSSR count). The highest BCUT2D eigenvalue weighted by atomic mass is 19.4. The molecule has 10 heteroatoms. The molecule has 1 aliphatic rings. The smallest absolute Gasteiger partial charge is 0.451 e. The van der Waals surface area contributed by atoms with Crippen LogP contribution in [0.25, 0.3) is 0 Å². The first-order valence-electron chi connectivity index (χ1n) is 7.20. The van der Waals surface area contributed by atoms with Gasteiger partial charge in [0.15, 0.2) is 11.6 Å². The fourth-order valence-corrected chi connectivity index (χ4v) is 1.99. The van der Waals surface area contributed by atoms with Gasteiger partial charge in [-0.25, -0.2) is 14.4 Å². The van der Waals surface area contributed by atoms with Crippen molar-refractivity contribution in [2.24, 2.45) is 0 Å². The Hall–Kier alpha value is -2.75. The van der Waals surface area contributed by atoms with E-state index in [4.69, 9.17) is 4.74 Å². The summed E-state index contributed by atoms with van der Waals surface area (Å²) in [5.74, 6) is -2.71. The Labute approximate surface area is 139 Å². The van der Waals surface area contributed by atoms with Crippen LogP contribution in [0.4, 0.5) is 23.2 Å². The second kappa shape index (κ2) is 6.63. The molecule has 2 heterocycles. The number of alkyl halides is 3. The molecule has 1 amide bonds. The number of anilines is 1. The third-order valence-electron chi connectivity index (χ3n) is 3.39. The monoisotopic (exact) mass is 356 g/mol. The summed E-state index contributed by atoms with van der Waals surface area (Å²) in [4.78, 5) is 18.2. The number of aromatic nitrogens is 2.